The predicted molar refractivity (Wildman–Crippen MR) is 77.6 cm³/mol. The second kappa shape index (κ2) is 6.28. The summed E-state index contributed by atoms with van der Waals surface area (Å²) in [6.07, 6.45) is 1.98. The Bertz CT molecular complexity index is 592. The Morgan fingerprint density at radius 3 is 2.74 bits per heavy atom. The lowest BCUT2D eigenvalue weighted by Gasteiger charge is -2.13. The highest BCUT2D eigenvalue weighted by molar-refractivity contribution is 7.98. The summed E-state index contributed by atoms with van der Waals surface area (Å²) in [6, 6.07) is 9.97. The fourth-order valence-corrected chi connectivity index (χ4v) is 2.52. The molecule has 0 atom stereocenters. The zero-order valence-electron chi connectivity index (χ0n) is 10.3. The Labute approximate surface area is 120 Å². The Hall–Kier alpha value is -1.23. The van der Waals surface area contributed by atoms with Crippen molar-refractivity contribution in [2.24, 2.45) is 5.73 Å². The van der Waals surface area contributed by atoms with Crippen LogP contribution >= 0.6 is 23.4 Å². The molecule has 2 aromatic rings. The third kappa shape index (κ3) is 3.21. The van der Waals surface area contributed by atoms with Gasteiger partial charge in [-0.25, -0.2) is 4.39 Å². The van der Waals surface area contributed by atoms with Crippen molar-refractivity contribution in [1.29, 1.82) is 0 Å². The lowest BCUT2D eigenvalue weighted by atomic mass is 10.2. The van der Waals surface area contributed by atoms with Gasteiger partial charge in [-0.15, -0.1) is 11.8 Å². The zero-order valence-corrected chi connectivity index (χ0v) is 11.9. The third-order valence-corrected chi connectivity index (χ3v) is 3.74. The van der Waals surface area contributed by atoms with Crippen molar-refractivity contribution < 1.29 is 9.13 Å². The summed E-state index contributed by atoms with van der Waals surface area (Å²) in [6.45, 7) is 0.376. The molecule has 5 heteroatoms. The average Bonchev–Trinajstić information content (AvgIpc) is 2.42. The summed E-state index contributed by atoms with van der Waals surface area (Å²) >= 11 is 7.33. The molecule has 0 bridgehead atoms. The van der Waals surface area contributed by atoms with E-state index in [1.165, 1.54) is 18.2 Å². The maximum absolute atomic E-state index is 13.1. The monoisotopic (exact) mass is 297 g/mol. The van der Waals surface area contributed by atoms with Crippen molar-refractivity contribution in [3.63, 3.8) is 0 Å². The first-order chi connectivity index (χ1) is 9.15. The van der Waals surface area contributed by atoms with E-state index in [9.17, 15) is 4.39 Å². The van der Waals surface area contributed by atoms with E-state index in [0.717, 1.165) is 10.5 Å². The maximum Gasteiger partial charge on any atom is 0.142 e. The fourth-order valence-electron chi connectivity index (χ4n) is 1.70. The van der Waals surface area contributed by atoms with Gasteiger partial charge in [0.15, 0.2) is 0 Å². The molecule has 2 aromatic carbocycles. The molecule has 0 heterocycles. The van der Waals surface area contributed by atoms with E-state index >= 15 is 0 Å². The van der Waals surface area contributed by atoms with Gasteiger partial charge in [-0.3, -0.25) is 0 Å². The minimum atomic E-state index is -0.467. The number of ether oxygens (including phenoxy) is 1. The van der Waals surface area contributed by atoms with E-state index in [4.69, 9.17) is 22.1 Å². The van der Waals surface area contributed by atoms with Crippen LogP contribution < -0.4 is 10.5 Å². The number of benzene rings is 2. The van der Waals surface area contributed by atoms with E-state index in [0.29, 0.717) is 18.0 Å². The van der Waals surface area contributed by atoms with Crippen LogP contribution in [0, 0.1) is 5.82 Å². The van der Waals surface area contributed by atoms with Crippen LogP contribution in [0.5, 0.6) is 11.5 Å². The molecule has 0 aliphatic rings. The van der Waals surface area contributed by atoms with Crippen molar-refractivity contribution in [2.45, 2.75) is 11.4 Å². The van der Waals surface area contributed by atoms with Gasteiger partial charge in [0.25, 0.3) is 0 Å². The van der Waals surface area contributed by atoms with E-state index < -0.39 is 5.82 Å². The summed E-state index contributed by atoms with van der Waals surface area (Å²) < 4.78 is 18.8. The Morgan fingerprint density at radius 1 is 1.32 bits per heavy atom. The quantitative estimate of drug-likeness (QED) is 0.847. The number of halogens is 2. The SMILES string of the molecule is CSc1cccc(Oc2ccc(F)c(Cl)c2)c1CN. The summed E-state index contributed by atoms with van der Waals surface area (Å²) in [5, 5.41) is 0.0350. The number of thioether (sulfide) groups is 1. The minimum absolute atomic E-state index is 0.0350. The predicted octanol–water partition coefficient (Wildman–Crippen LogP) is 4.45. The minimum Gasteiger partial charge on any atom is -0.457 e. The van der Waals surface area contributed by atoms with Crippen molar-refractivity contribution in [2.75, 3.05) is 6.26 Å². The fraction of sp³-hybridized carbons (Fsp3) is 0.143. The number of nitrogens with two attached hydrogens (primary N) is 1. The largest absolute Gasteiger partial charge is 0.457 e. The second-order valence-corrected chi connectivity index (χ2v) is 5.07. The Balaban J connectivity index is 2.35. The summed E-state index contributed by atoms with van der Waals surface area (Å²) in [5.74, 6) is 0.683. The molecule has 0 amide bonds. The summed E-state index contributed by atoms with van der Waals surface area (Å²) in [4.78, 5) is 1.06. The average molecular weight is 298 g/mol. The van der Waals surface area contributed by atoms with Gasteiger partial charge < -0.3 is 10.5 Å². The molecule has 2 rings (SSSR count). The molecule has 2 N–H and O–H groups in total. The first-order valence-electron chi connectivity index (χ1n) is 5.64. The number of hydrogen-bond donors (Lipinski definition) is 1. The normalized spacial score (nSPS) is 10.5. The molecule has 0 aliphatic heterocycles. The van der Waals surface area contributed by atoms with Gasteiger partial charge in [0.05, 0.1) is 5.02 Å². The van der Waals surface area contributed by atoms with Crippen molar-refractivity contribution in [3.05, 3.63) is 52.8 Å². The Kier molecular flexibility index (Phi) is 4.69. The lowest BCUT2D eigenvalue weighted by Crippen LogP contribution is -2.01. The Morgan fingerprint density at radius 2 is 2.11 bits per heavy atom. The zero-order chi connectivity index (χ0) is 13.8. The van der Waals surface area contributed by atoms with Crippen LogP contribution in [0.4, 0.5) is 4.39 Å². The van der Waals surface area contributed by atoms with Crippen LogP contribution in [0.25, 0.3) is 0 Å². The molecular weight excluding hydrogens is 285 g/mol. The summed E-state index contributed by atoms with van der Waals surface area (Å²) in [7, 11) is 0. The van der Waals surface area contributed by atoms with E-state index in [1.54, 1.807) is 11.8 Å². The highest BCUT2D eigenvalue weighted by Crippen LogP contribution is 2.32. The van der Waals surface area contributed by atoms with Gasteiger partial charge in [0.1, 0.15) is 17.3 Å². The van der Waals surface area contributed by atoms with Crippen LogP contribution in [0.2, 0.25) is 5.02 Å². The molecule has 0 unspecified atom stereocenters. The van der Waals surface area contributed by atoms with Gasteiger partial charge >= 0.3 is 0 Å². The first kappa shape index (κ1) is 14.2. The van der Waals surface area contributed by atoms with Crippen LogP contribution in [0.15, 0.2) is 41.3 Å². The van der Waals surface area contributed by atoms with Crippen molar-refractivity contribution in [1.82, 2.24) is 0 Å². The van der Waals surface area contributed by atoms with E-state index in [2.05, 4.69) is 0 Å². The molecule has 100 valence electrons. The molecule has 0 saturated heterocycles. The summed E-state index contributed by atoms with van der Waals surface area (Å²) in [5.41, 5.74) is 6.68. The molecule has 0 aliphatic carbocycles. The van der Waals surface area contributed by atoms with Crippen molar-refractivity contribution in [3.8, 4) is 11.5 Å². The highest BCUT2D eigenvalue weighted by Gasteiger charge is 2.09. The second-order valence-electron chi connectivity index (χ2n) is 3.82. The van der Waals surface area contributed by atoms with Gasteiger partial charge in [-0.1, -0.05) is 17.7 Å². The van der Waals surface area contributed by atoms with E-state index in [1.807, 2.05) is 24.5 Å². The first-order valence-corrected chi connectivity index (χ1v) is 7.25. The van der Waals surface area contributed by atoms with Gasteiger partial charge in [-0.2, -0.15) is 0 Å². The van der Waals surface area contributed by atoms with E-state index in [-0.39, 0.29) is 5.02 Å². The molecule has 2 nitrogen and oxygen atoms in total. The van der Waals surface area contributed by atoms with Crippen molar-refractivity contribution >= 4 is 23.4 Å². The van der Waals surface area contributed by atoms with Gasteiger partial charge in [0.2, 0.25) is 0 Å². The number of hydrogen-bond acceptors (Lipinski definition) is 3. The third-order valence-electron chi connectivity index (χ3n) is 2.63. The molecule has 0 aromatic heterocycles. The van der Waals surface area contributed by atoms with Crippen LogP contribution in [0.3, 0.4) is 0 Å². The molecule has 0 saturated carbocycles. The maximum atomic E-state index is 13.1. The smallest absolute Gasteiger partial charge is 0.142 e. The number of rotatable bonds is 4. The molecule has 0 spiro atoms. The molecule has 19 heavy (non-hydrogen) atoms. The molecular formula is C14H13ClFNOS. The molecule has 0 radical (unpaired) electrons. The van der Waals surface area contributed by atoms with Gasteiger partial charge in [0, 0.05) is 23.1 Å². The molecule has 0 fully saturated rings. The highest BCUT2D eigenvalue weighted by atomic mass is 35.5. The van der Waals surface area contributed by atoms with Crippen LogP contribution in [-0.2, 0) is 6.54 Å². The lowest BCUT2D eigenvalue weighted by molar-refractivity contribution is 0.472. The van der Waals surface area contributed by atoms with Gasteiger partial charge in [-0.05, 0) is 30.5 Å². The standard InChI is InChI=1S/C14H13ClFNOS/c1-19-14-4-2-3-13(10(14)8-17)18-9-5-6-12(16)11(15)7-9/h2-7H,8,17H2,1H3. The topological polar surface area (TPSA) is 35.2 Å². The van der Waals surface area contributed by atoms with Crippen LogP contribution in [-0.4, -0.2) is 6.26 Å². The van der Waals surface area contributed by atoms with Crippen LogP contribution in [0.1, 0.15) is 5.56 Å².